The van der Waals surface area contributed by atoms with Gasteiger partial charge >= 0.3 is 0 Å². The lowest BCUT2D eigenvalue weighted by molar-refractivity contribution is 0.0984. The third kappa shape index (κ3) is 2.57. The molecular formula is C10H8ClNO. The fourth-order valence-electron chi connectivity index (χ4n) is 0.991. The lowest BCUT2D eigenvalue weighted by Crippen LogP contribution is -1.98. The van der Waals surface area contributed by atoms with Crippen LogP contribution in [-0.2, 0) is 0 Å². The van der Waals surface area contributed by atoms with Crippen molar-refractivity contribution in [1.29, 1.82) is 5.26 Å². The third-order valence-corrected chi connectivity index (χ3v) is 1.97. The highest BCUT2D eigenvalue weighted by molar-refractivity contribution is 6.33. The molecule has 0 amide bonds. The lowest BCUT2D eigenvalue weighted by atomic mass is 10.1. The van der Waals surface area contributed by atoms with Gasteiger partial charge in [-0.15, -0.1) is 0 Å². The van der Waals surface area contributed by atoms with Gasteiger partial charge < -0.3 is 0 Å². The van der Waals surface area contributed by atoms with Crippen LogP contribution in [-0.4, -0.2) is 5.78 Å². The number of hydrogen-bond acceptors (Lipinski definition) is 2. The van der Waals surface area contributed by atoms with E-state index in [0.29, 0.717) is 10.6 Å². The molecule has 0 saturated carbocycles. The van der Waals surface area contributed by atoms with Gasteiger partial charge in [0.25, 0.3) is 0 Å². The summed E-state index contributed by atoms with van der Waals surface area (Å²) in [6.07, 6.45) is 0.476. The largest absolute Gasteiger partial charge is 0.294 e. The maximum Gasteiger partial charge on any atom is 0.165 e. The Morgan fingerprint density at radius 2 is 2.15 bits per heavy atom. The van der Waals surface area contributed by atoms with E-state index in [1.165, 1.54) is 0 Å². The first-order chi connectivity index (χ1) is 6.25. The molecule has 0 fully saturated rings. The Morgan fingerprint density at radius 1 is 1.46 bits per heavy atom. The number of carbonyl (C=O) groups is 1. The number of nitrogens with zero attached hydrogens (tertiary/aromatic N) is 1. The smallest absolute Gasteiger partial charge is 0.165 e. The van der Waals surface area contributed by atoms with Gasteiger partial charge in [-0.1, -0.05) is 23.7 Å². The molecule has 0 aliphatic rings. The van der Waals surface area contributed by atoms with Crippen LogP contribution in [0.1, 0.15) is 23.2 Å². The number of hydrogen-bond donors (Lipinski definition) is 0. The molecule has 0 aromatic heterocycles. The van der Waals surface area contributed by atoms with Crippen molar-refractivity contribution in [1.82, 2.24) is 0 Å². The van der Waals surface area contributed by atoms with E-state index in [1.54, 1.807) is 24.3 Å². The number of ketones is 1. The Kier molecular flexibility index (Phi) is 3.48. The molecule has 3 heteroatoms. The lowest BCUT2D eigenvalue weighted by Gasteiger charge is -1.99. The molecule has 0 heterocycles. The molecule has 2 nitrogen and oxygen atoms in total. The Labute approximate surface area is 81.7 Å². The highest BCUT2D eigenvalue weighted by atomic mass is 35.5. The molecule has 0 spiro atoms. The number of nitriles is 1. The minimum atomic E-state index is -0.0767. The van der Waals surface area contributed by atoms with Gasteiger partial charge in [0.15, 0.2) is 5.78 Å². The van der Waals surface area contributed by atoms with Gasteiger partial charge in [-0.3, -0.25) is 4.79 Å². The first-order valence-electron chi connectivity index (χ1n) is 3.90. The second kappa shape index (κ2) is 4.64. The van der Waals surface area contributed by atoms with Crippen LogP contribution in [0.25, 0.3) is 0 Å². The topological polar surface area (TPSA) is 40.9 Å². The van der Waals surface area contributed by atoms with Gasteiger partial charge in [-0.25, -0.2) is 0 Å². The zero-order valence-corrected chi connectivity index (χ0v) is 7.71. The molecule has 0 unspecified atom stereocenters. The zero-order valence-electron chi connectivity index (χ0n) is 6.96. The third-order valence-electron chi connectivity index (χ3n) is 1.64. The number of halogens is 1. The minimum absolute atomic E-state index is 0.0767. The maximum atomic E-state index is 11.4. The van der Waals surface area contributed by atoms with Crippen molar-refractivity contribution < 1.29 is 4.79 Å². The van der Waals surface area contributed by atoms with E-state index in [4.69, 9.17) is 16.9 Å². The van der Waals surface area contributed by atoms with Crippen molar-refractivity contribution in [2.45, 2.75) is 12.8 Å². The van der Waals surface area contributed by atoms with Crippen LogP contribution in [0.2, 0.25) is 5.02 Å². The molecule has 0 bridgehead atoms. The van der Waals surface area contributed by atoms with Crippen molar-refractivity contribution in [3.8, 4) is 6.07 Å². The van der Waals surface area contributed by atoms with Crippen molar-refractivity contribution >= 4 is 17.4 Å². The van der Waals surface area contributed by atoms with Crippen LogP contribution in [0.3, 0.4) is 0 Å². The predicted molar refractivity (Wildman–Crippen MR) is 50.6 cm³/mol. The Balaban J connectivity index is 2.78. The number of rotatable bonds is 3. The fraction of sp³-hybridized carbons (Fsp3) is 0.200. The highest BCUT2D eigenvalue weighted by Gasteiger charge is 2.08. The number of Topliss-reactive ketones (excluding diaryl/α,β-unsaturated/α-hetero) is 1. The Hall–Kier alpha value is -1.33. The van der Waals surface area contributed by atoms with Crippen LogP contribution in [0.15, 0.2) is 24.3 Å². The first kappa shape index (κ1) is 9.76. The predicted octanol–water partition coefficient (Wildman–Crippen LogP) is 2.83. The van der Waals surface area contributed by atoms with E-state index in [1.807, 2.05) is 6.07 Å². The van der Waals surface area contributed by atoms with Gasteiger partial charge in [-0.2, -0.15) is 5.26 Å². The number of carbonyl (C=O) groups excluding carboxylic acids is 1. The summed E-state index contributed by atoms with van der Waals surface area (Å²) in [5.74, 6) is -0.0767. The van der Waals surface area contributed by atoms with Gasteiger partial charge in [0.1, 0.15) is 0 Å². The van der Waals surface area contributed by atoms with Crippen molar-refractivity contribution in [3.05, 3.63) is 34.9 Å². The summed E-state index contributed by atoms with van der Waals surface area (Å²) in [5, 5.41) is 8.75. The summed E-state index contributed by atoms with van der Waals surface area (Å²) in [7, 11) is 0. The monoisotopic (exact) mass is 193 g/mol. The van der Waals surface area contributed by atoms with E-state index in [2.05, 4.69) is 0 Å². The molecule has 1 aromatic rings. The van der Waals surface area contributed by atoms with Crippen LogP contribution in [0.5, 0.6) is 0 Å². The summed E-state index contributed by atoms with van der Waals surface area (Å²) in [5.41, 5.74) is 0.499. The molecule has 1 aromatic carbocycles. The van der Waals surface area contributed by atoms with Gasteiger partial charge in [-0.05, 0) is 12.1 Å². The van der Waals surface area contributed by atoms with E-state index >= 15 is 0 Å². The summed E-state index contributed by atoms with van der Waals surface area (Å²) in [6.45, 7) is 0. The molecule has 13 heavy (non-hydrogen) atoms. The maximum absolute atomic E-state index is 11.4. The number of benzene rings is 1. The molecule has 0 aliphatic carbocycles. The summed E-state index contributed by atoms with van der Waals surface area (Å²) >= 11 is 5.79. The molecule has 0 radical (unpaired) electrons. The molecular weight excluding hydrogens is 186 g/mol. The Bertz CT molecular complexity index is 354. The van der Waals surface area contributed by atoms with E-state index in [0.717, 1.165) is 0 Å². The fourth-order valence-corrected chi connectivity index (χ4v) is 1.23. The van der Waals surface area contributed by atoms with Gasteiger partial charge in [0.2, 0.25) is 0 Å². The molecule has 0 N–H and O–H groups in total. The standard InChI is InChI=1S/C10H8ClNO/c11-9-5-2-1-4-8(9)10(13)6-3-7-12/h1-2,4-5H,3,6H2. The van der Waals surface area contributed by atoms with Crippen molar-refractivity contribution in [2.75, 3.05) is 0 Å². The molecule has 0 atom stereocenters. The molecule has 1 rings (SSSR count). The van der Waals surface area contributed by atoms with Crippen molar-refractivity contribution in [3.63, 3.8) is 0 Å². The molecule has 0 saturated heterocycles. The molecule has 66 valence electrons. The normalized spacial score (nSPS) is 9.23. The zero-order chi connectivity index (χ0) is 9.68. The average molecular weight is 194 g/mol. The summed E-state index contributed by atoms with van der Waals surface area (Å²) in [6, 6.07) is 8.78. The van der Waals surface area contributed by atoms with E-state index < -0.39 is 0 Å². The Morgan fingerprint density at radius 3 is 2.77 bits per heavy atom. The van der Waals surface area contributed by atoms with E-state index in [9.17, 15) is 4.79 Å². The molecule has 0 aliphatic heterocycles. The minimum Gasteiger partial charge on any atom is -0.294 e. The highest BCUT2D eigenvalue weighted by Crippen LogP contribution is 2.16. The summed E-state index contributed by atoms with van der Waals surface area (Å²) < 4.78 is 0. The van der Waals surface area contributed by atoms with Crippen LogP contribution >= 0.6 is 11.6 Å². The second-order valence-electron chi connectivity index (χ2n) is 2.56. The van der Waals surface area contributed by atoms with E-state index in [-0.39, 0.29) is 18.6 Å². The second-order valence-corrected chi connectivity index (χ2v) is 2.97. The SMILES string of the molecule is N#CCCC(=O)c1ccccc1Cl. The van der Waals surface area contributed by atoms with Crippen molar-refractivity contribution in [2.24, 2.45) is 0 Å². The quantitative estimate of drug-likeness (QED) is 0.693. The van der Waals surface area contributed by atoms with Gasteiger partial charge in [0.05, 0.1) is 11.1 Å². The van der Waals surface area contributed by atoms with Crippen LogP contribution < -0.4 is 0 Å². The van der Waals surface area contributed by atoms with Gasteiger partial charge in [0, 0.05) is 18.4 Å². The first-order valence-corrected chi connectivity index (χ1v) is 4.28. The van der Waals surface area contributed by atoms with Crippen LogP contribution in [0.4, 0.5) is 0 Å². The summed E-state index contributed by atoms with van der Waals surface area (Å²) in [4.78, 5) is 11.4. The average Bonchev–Trinajstić information content (AvgIpc) is 2.15. The van der Waals surface area contributed by atoms with Crippen LogP contribution in [0, 0.1) is 11.3 Å².